The van der Waals surface area contributed by atoms with Crippen molar-refractivity contribution in [2.24, 2.45) is 0 Å². The van der Waals surface area contributed by atoms with Crippen LogP contribution in [0.25, 0.3) is 0 Å². The molecule has 2 aliphatic heterocycles. The number of benzene rings is 2. The van der Waals surface area contributed by atoms with Gasteiger partial charge in [0, 0.05) is 18.3 Å². The van der Waals surface area contributed by atoms with Gasteiger partial charge in [-0.3, -0.25) is 0 Å². The van der Waals surface area contributed by atoms with E-state index < -0.39 is 0 Å². The Morgan fingerprint density at radius 2 is 1.68 bits per heavy atom. The predicted molar refractivity (Wildman–Crippen MR) is 92.5 cm³/mol. The molecule has 1 fully saturated rings. The lowest BCUT2D eigenvalue weighted by atomic mass is 9.89. The normalized spacial score (nSPS) is 23.5. The molecular weight excluding hydrogens is 268 g/mol. The molecule has 2 heterocycles. The van der Waals surface area contributed by atoms with Crippen LogP contribution in [-0.4, -0.2) is 31.6 Å². The Morgan fingerprint density at radius 3 is 2.50 bits per heavy atom. The zero-order chi connectivity index (χ0) is 15.1. The lowest BCUT2D eigenvalue weighted by Gasteiger charge is -2.43. The van der Waals surface area contributed by atoms with Gasteiger partial charge in [-0.2, -0.15) is 0 Å². The second-order valence-corrected chi connectivity index (χ2v) is 6.86. The summed E-state index contributed by atoms with van der Waals surface area (Å²) >= 11 is 0. The van der Waals surface area contributed by atoms with E-state index in [2.05, 4.69) is 72.4 Å². The third kappa shape index (κ3) is 2.22. The summed E-state index contributed by atoms with van der Waals surface area (Å²) in [5.41, 5.74) is 5.95. The lowest BCUT2D eigenvalue weighted by molar-refractivity contribution is 0.225. The molecule has 114 valence electrons. The Hall–Kier alpha value is -1.80. The summed E-state index contributed by atoms with van der Waals surface area (Å²) < 4.78 is 0. The van der Waals surface area contributed by atoms with Crippen LogP contribution in [0.5, 0.6) is 0 Å². The van der Waals surface area contributed by atoms with Gasteiger partial charge in [0.2, 0.25) is 0 Å². The fourth-order valence-corrected chi connectivity index (χ4v) is 4.16. The fourth-order valence-electron chi connectivity index (χ4n) is 4.16. The summed E-state index contributed by atoms with van der Waals surface area (Å²) in [6.45, 7) is 1.15. The second kappa shape index (κ2) is 5.44. The number of nitrogens with zero attached hydrogens (tertiary/aromatic N) is 2. The van der Waals surface area contributed by atoms with Gasteiger partial charge < -0.3 is 9.80 Å². The molecule has 0 amide bonds. The lowest BCUT2D eigenvalue weighted by Crippen LogP contribution is -2.44. The summed E-state index contributed by atoms with van der Waals surface area (Å²) in [6.07, 6.45) is 3.53. The van der Waals surface area contributed by atoms with Crippen molar-refractivity contribution in [3.8, 4) is 0 Å². The topological polar surface area (TPSA) is 6.48 Å². The van der Waals surface area contributed by atoms with Crippen LogP contribution in [0, 0.1) is 0 Å². The highest BCUT2D eigenvalue weighted by Crippen LogP contribution is 2.42. The SMILES string of the molecule is CN(C)C1CCN2c3ccccc3Cc3ccccc3C2C1. The third-order valence-electron chi connectivity index (χ3n) is 5.40. The molecule has 0 N–H and O–H groups in total. The Kier molecular flexibility index (Phi) is 3.42. The highest BCUT2D eigenvalue weighted by atomic mass is 15.2. The van der Waals surface area contributed by atoms with Gasteiger partial charge in [-0.15, -0.1) is 0 Å². The average molecular weight is 292 g/mol. The van der Waals surface area contributed by atoms with Crippen LogP contribution in [0.4, 0.5) is 5.69 Å². The first kappa shape index (κ1) is 13.8. The molecule has 0 bridgehead atoms. The first-order chi connectivity index (χ1) is 10.7. The zero-order valence-corrected chi connectivity index (χ0v) is 13.5. The Balaban J connectivity index is 1.83. The average Bonchev–Trinajstić information content (AvgIpc) is 2.69. The molecule has 2 unspecified atom stereocenters. The Labute approximate surface area is 133 Å². The van der Waals surface area contributed by atoms with E-state index in [0.29, 0.717) is 12.1 Å². The summed E-state index contributed by atoms with van der Waals surface area (Å²) in [6, 6.07) is 19.2. The van der Waals surface area contributed by atoms with Crippen LogP contribution < -0.4 is 4.90 Å². The monoisotopic (exact) mass is 292 g/mol. The van der Waals surface area contributed by atoms with Crippen LogP contribution in [0.15, 0.2) is 48.5 Å². The first-order valence-corrected chi connectivity index (χ1v) is 8.33. The zero-order valence-electron chi connectivity index (χ0n) is 13.5. The van der Waals surface area contributed by atoms with Gasteiger partial charge in [-0.25, -0.2) is 0 Å². The number of piperidine rings is 1. The molecule has 0 spiro atoms. The quantitative estimate of drug-likeness (QED) is 0.787. The number of rotatable bonds is 1. The molecule has 0 radical (unpaired) electrons. The van der Waals surface area contributed by atoms with Crippen molar-refractivity contribution in [1.82, 2.24) is 4.90 Å². The van der Waals surface area contributed by atoms with Crippen molar-refractivity contribution >= 4 is 5.69 Å². The summed E-state index contributed by atoms with van der Waals surface area (Å²) in [7, 11) is 4.44. The molecule has 0 aliphatic carbocycles. The maximum atomic E-state index is 2.65. The Morgan fingerprint density at radius 1 is 0.955 bits per heavy atom. The van der Waals surface area contributed by atoms with Gasteiger partial charge in [0.05, 0.1) is 6.04 Å². The van der Waals surface area contributed by atoms with Gasteiger partial charge in [-0.1, -0.05) is 42.5 Å². The maximum absolute atomic E-state index is 2.65. The summed E-state index contributed by atoms with van der Waals surface area (Å²) in [5, 5.41) is 0. The fraction of sp³-hybridized carbons (Fsp3) is 0.400. The molecule has 2 heteroatoms. The van der Waals surface area contributed by atoms with Gasteiger partial charge in [0.25, 0.3) is 0 Å². The van der Waals surface area contributed by atoms with Gasteiger partial charge in [0.15, 0.2) is 0 Å². The Bertz CT molecular complexity index is 677. The minimum absolute atomic E-state index is 0.515. The third-order valence-corrected chi connectivity index (χ3v) is 5.40. The molecule has 2 nitrogen and oxygen atoms in total. The van der Waals surface area contributed by atoms with Crippen molar-refractivity contribution in [2.75, 3.05) is 25.5 Å². The molecule has 0 aromatic heterocycles. The van der Waals surface area contributed by atoms with Crippen molar-refractivity contribution in [3.63, 3.8) is 0 Å². The maximum Gasteiger partial charge on any atom is 0.0560 e. The van der Waals surface area contributed by atoms with Crippen LogP contribution in [-0.2, 0) is 6.42 Å². The summed E-state index contributed by atoms with van der Waals surface area (Å²) in [4.78, 5) is 5.05. The molecule has 2 aliphatic rings. The van der Waals surface area contributed by atoms with Crippen LogP contribution in [0.3, 0.4) is 0 Å². The molecule has 22 heavy (non-hydrogen) atoms. The number of fused-ring (bicyclic) bond motifs is 5. The van der Waals surface area contributed by atoms with Crippen molar-refractivity contribution in [3.05, 3.63) is 65.2 Å². The number of hydrogen-bond donors (Lipinski definition) is 0. The minimum atomic E-state index is 0.515. The second-order valence-electron chi connectivity index (χ2n) is 6.86. The van der Waals surface area contributed by atoms with Crippen molar-refractivity contribution in [2.45, 2.75) is 31.3 Å². The van der Waals surface area contributed by atoms with E-state index in [0.717, 1.165) is 13.0 Å². The van der Waals surface area contributed by atoms with E-state index >= 15 is 0 Å². The van der Waals surface area contributed by atoms with E-state index in [-0.39, 0.29) is 0 Å². The van der Waals surface area contributed by atoms with E-state index in [1.807, 2.05) is 0 Å². The van der Waals surface area contributed by atoms with Crippen LogP contribution in [0.1, 0.15) is 35.6 Å². The number of hydrogen-bond acceptors (Lipinski definition) is 2. The minimum Gasteiger partial charge on any atom is -0.364 e. The van der Waals surface area contributed by atoms with E-state index in [1.54, 1.807) is 0 Å². The summed E-state index contributed by atoms with van der Waals surface area (Å²) in [5.74, 6) is 0. The molecule has 2 atom stereocenters. The number of para-hydroxylation sites is 1. The highest BCUT2D eigenvalue weighted by molar-refractivity contribution is 5.60. The largest absolute Gasteiger partial charge is 0.364 e. The van der Waals surface area contributed by atoms with Gasteiger partial charge in [0.1, 0.15) is 0 Å². The molecule has 1 saturated heterocycles. The van der Waals surface area contributed by atoms with Gasteiger partial charge >= 0.3 is 0 Å². The van der Waals surface area contributed by atoms with Crippen LogP contribution >= 0.6 is 0 Å². The van der Waals surface area contributed by atoms with Crippen molar-refractivity contribution in [1.29, 1.82) is 0 Å². The van der Waals surface area contributed by atoms with Crippen molar-refractivity contribution < 1.29 is 0 Å². The molecular formula is C20H24N2. The highest BCUT2D eigenvalue weighted by Gasteiger charge is 2.34. The first-order valence-electron chi connectivity index (χ1n) is 8.33. The van der Waals surface area contributed by atoms with Gasteiger partial charge in [-0.05, 0) is 56.1 Å². The molecule has 2 aromatic carbocycles. The van der Waals surface area contributed by atoms with Crippen LogP contribution in [0.2, 0.25) is 0 Å². The molecule has 2 aromatic rings. The molecule has 0 saturated carbocycles. The van der Waals surface area contributed by atoms with E-state index in [9.17, 15) is 0 Å². The smallest absolute Gasteiger partial charge is 0.0560 e. The standard InChI is InChI=1S/C20H24N2/c1-21(2)17-11-12-22-19-10-6-4-8-16(19)13-15-7-3-5-9-18(15)20(22)14-17/h3-10,17,20H,11-14H2,1-2H3. The van der Waals surface area contributed by atoms with E-state index in [4.69, 9.17) is 0 Å². The number of anilines is 1. The predicted octanol–water partition coefficient (Wildman–Crippen LogP) is 3.86. The molecule has 4 rings (SSSR count). The van der Waals surface area contributed by atoms with E-state index in [1.165, 1.54) is 35.2 Å².